The van der Waals surface area contributed by atoms with Gasteiger partial charge in [0.1, 0.15) is 34.9 Å². The number of rotatable bonds is 3. The fourth-order valence-electron chi connectivity index (χ4n) is 4.55. The summed E-state index contributed by atoms with van der Waals surface area (Å²) in [7, 11) is 0. The van der Waals surface area contributed by atoms with E-state index in [0.29, 0.717) is 46.6 Å². The number of hydrogen-bond donors (Lipinski definition) is 2. The largest absolute Gasteiger partial charge is 0.383 e. The second kappa shape index (κ2) is 7.29. The number of carbonyl (C=O) groups is 1. The Kier molecular flexibility index (Phi) is 4.90. The van der Waals surface area contributed by atoms with Crippen LogP contribution in [0.25, 0.3) is 10.8 Å². The van der Waals surface area contributed by atoms with E-state index in [1.807, 2.05) is 32.6 Å². The van der Waals surface area contributed by atoms with Crippen LogP contribution in [0.4, 0.5) is 23.3 Å². The molecule has 9 heteroatoms. The number of amides is 1. The zero-order valence-corrected chi connectivity index (χ0v) is 17.8. The molecule has 3 atom stereocenters. The van der Waals surface area contributed by atoms with Crippen LogP contribution < -0.4 is 21.3 Å². The summed E-state index contributed by atoms with van der Waals surface area (Å²) in [6.07, 6.45) is 0.935. The number of morpholine rings is 1. The maximum Gasteiger partial charge on any atom is 0.232 e. The maximum absolute atomic E-state index is 12.8. The summed E-state index contributed by atoms with van der Waals surface area (Å²) in [6.45, 7) is 9.16. The number of ether oxygens (including phenoxy) is 1. The van der Waals surface area contributed by atoms with Gasteiger partial charge in [0.05, 0.1) is 24.0 Å². The summed E-state index contributed by atoms with van der Waals surface area (Å²) in [5, 5.41) is 11.2. The molecule has 0 unspecified atom stereocenters. The van der Waals surface area contributed by atoms with Gasteiger partial charge < -0.3 is 21.1 Å². The van der Waals surface area contributed by atoms with Crippen LogP contribution in [0.1, 0.15) is 45.2 Å². The third kappa shape index (κ3) is 2.99. The van der Waals surface area contributed by atoms with Crippen LogP contribution in [-0.4, -0.2) is 47.2 Å². The number of aromatic nitrogens is 2. The molecule has 0 saturated carbocycles. The highest BCUT2D eigenvalue weighted by atomic mass is 16.5. The molecule has 0 bridgehead atoms. The SMILES string of the molecule is CC[C@H](C)N1C(=O)Cc2c1nc(N)c1c(N)nc(N3C[C@H](C)O[C@@H](C)C3)c(C#N)c21. The molecule has 2 aliphatic rings. The van der Waals surface area contributed by atoms with Crippen molar-refractivity contribution in [3.05, 3.63) is 11.1 Å². The molecule has 0 radical (unpaired) electrons. The van der Waals surface area contributed by atoms with Gasteiger partial charge in [-0.1, -0.05) is 6.92 Å². The van der Waals surface area contributed by atoms with Crippen LogP contribution in [0, 0.1) is 11.3 Å². The Bertz CT molecular complexity index is 1070. The molecule has 4 N–H and O–H groups in total. The van der Waals surface area contributed by atoms with Crippen molar-refractivity contribution in [3.8, 4) is 6.07 Å². The first-order valence-electron chi connectivity index (χ1n) is 10.3. The minimum Gasteiger partial charge on any atom is -0.383 e. The first-order chi connectivity index (χ1) is 14.3. The quantitative estimate of drug-likeness (QED) is 0.786. The fraction of sp³-hybridized carbons (Fsp3) is 0.524. The van der Waals surface area contributed by atoms with Gasteiger partial charge in [-0.2, -0.15) is 5.26 Å². The van der Waals surface area contributed by atoms with Crippen LogP contribution >= 0.6 is 0 Å². The molecule has 1 saturated heterocycles. The molecular formula is C21H27N7O2. The van der Waals surface area contributed by atoms with Crippen molar-refractivity contribution >= 4 is 40.0 Å². The van der Waals surface area contributed by atoms with Gasteiger partial charge >= 0.3 is 0 Å². The monoisotopic (exact) mass is 409 g/mol. The number of anilines is 4. The minimum atomic E-state index is -0.0480. The smallest absolute Gasteiger partial charge is 0.232 e. The predicted molar refractivity (Wildman–Crippen MR) is 116 cm³/mol. The van der Waals surface area contributed by atoms with Crippen molar-refractivity contribution in [3.63, 3.8) is 0 Å². The summed E-state index contributed by atoms with van der Waals surface area (Å²) < 4.78 is 5.82. The topological polar surface area (TPSA) is 134 Å². The van der Waals surface area contributed by atoms with Crippen LogP contribution in [0.15, 0.2) is 0 Å². The fourth-order valence-corrected chi connectivity index (χ4v) is 4.55. The summed E-state index contributed by atoms with van der Waals surface area (Å²) >= 11 is 0. The molecule has 4 rings (SSSR count). The van der Waals surface area contributed by atoms with E-state index in [1.54, 1.807) is 4.90 Å². The first kappa shape index (κ1) is 20.2. The first-order valence-corrected chi connectivity index (χ1v) is 10.3. The molecule has 2 aliphatic heterocycles. The third-order valence-corrected chi connectivity index (χ3v) is 5.95. The summed E-state index contributed by atoms with van der Waals surface area (Å²) in [4.78, 5) is 25.6. The van der Waals surface area contributed by atoms with Crippen LogP contribution in [0.5, 0.6) is 0 Å². The van der Waals surface area contributed by atoms with E-state index in [4.69, 9.17) is 16.2 Å². The number of nitriles is 1. The van der Waals surface area contributed by atoms with E-state index in [1.165, 1.54) is 0 Å². The third-order valence-electron chi connectivity index (χ3n) is 5.95. The number of fused-ring (bicyclic) bond motifs is 3. The lowest BCUT2D eigenvalue weighted by Gasteiger charge is -2.36. The Morgan fingerprint density at radius 3 is 2.33 bits per heavy atom. The Balaban J connectivity index is 2.00. The lowest BCUT2D eigenvalue weighted by Crippen LogP contribution is -2.46. The van der Waals surface area contributed by atoms with Crippen molar-refractivity contribution in [2.24, 2.45) is 0 Å². The van der Waals surface area contributed by atoms with Gasteiger partial charge in [0.25, 0.3) is 0 Å². The Hall–Kier alpha value is -3.12. The Labute approximate surface area is 175 Å². The molecule has 1 amide bonds. The van der Waals surface area contributed by atoms with E-state index < -0.39 is 0 Å². The molecule has 0 aromatic carbocycles. The van der Waals surface area contributed by atoms with Crippen molar-refractivity contribution in [2.75, 3.05) is 34.4 Å². The lowest BCUT2D eigenvalue weighted by molar-refractivity contribution is -0.117. The summed E-state index contributed by atoms with van der Waals surface area (Å²) in [5.41, 5.74) is 13.7. The normalized spacial score (nSPS) is 22.3. The number of carbonyl (C=O) groups excluding carboxylic acids is 1. The van der Waals surface area contributed by atoms with Gasteiger partial charge in [-0.05, 0) is 27.2 Å². The lowest BCUT2D eigenvalue weighted by atomic mass is 10.00. The van der Waals surface area contributed by atoms with Gasteiger partial charge in [-0.3, -0.25) is 9.69 Å². The highest BCUT2D eigenvalue weighted by Gasteiger charge is 2.36. The van der Waals surface area contributed by atoms with Crippen LogP contribution in [0.2, 0.25) is 0 Å². The van der Waals surface area contributed by atoms with Crippen LogP contribution in [-0.2, 0) is 16.0 Å². The zero-order chi connectivity index (χ0) is 21.7. The van der Waals surface area contributed by atoms with E-state index in [9.17, 15) is 10.1 Å². The predicted octanol–water partition coefficient (Wildman–Crippen LogP) is 1.97. The van der Waals surface area contributed by atoms with Crippen molar-refractivity contribution in [1.29, 1.82) is 5.26 Å². The number of nitrogens with two attached hydrogens (primary N) is 2. The zero-order valence-electron chi connectivity index (χ0n) is 17.8. The molecule has 9 nitrogen and oxygen atoms in total. The Morgan fingerprint density at radius 1 is 1.17 bits per heavy atom. The average molecular weight is 409 g/mol. The second-order valence-corrected chi connectivity index (χ2v) is 8.22. The van der Waals surface area contributed by atoms with Gasteiger partial charge in [0.15, 0.2) is 0 Å². The molecule has 30 heavy (non-hydrogen) atoms. The molecule has 4 heterocycles. The Morgan fingerprint density at radius 2 is 1.77 bits per heavy atom. The van der Waals surface area contributed by atoms with E-state index in [0.717, 1.165) is 6.42 Å². The molecule has 0 aliphatic carbocycles. The molecule has 0 spiro atoms. The average Bonchev–Trinajstić information content (AvgIpc) is 3.01. The van der Waals surface area contributed by atoms with E-state index >= 15 is 0 Å². The van der Waals surface area contributed by atoms with Gasteiger partial charge in [-0.15, -0.1) is 0 Å². The van der Waals surface area contributed by atoms with E-state index in [2.05, 4.69) is 16.0 Å². The number of hydrogen-bond acceptors (Lipinski definition) is 8. The minimum absolute atomic E-state index is 0.00490. The second-order valence-electron chi connectivity index (χ2n) is 8.22. The summed E-state index contributed by atoms with van der Waals surface area (Å²) in [6, 6.07) is 2.29. The number of nitrogen functional groups attached to an aromatic ring is 2. The maximum atomic E-state index is 12.8. The molecular weight excluding hydrogens is 382 g/mol. The van der Waals surface area contributed by atoms with Gasteiger partial charge in [0, 0.05) is 30.1 Å². The summed E-state index contributed by atoms with van der Waals surface area (Å²) in [5.74, 6) is 1.38. The van der Waals surface area contributed by atoms with Crippen molar-refractivity contribution in [1.82, 2.24) is 9.97 Å². The van der Waals surface area contributed by atoms with Gasteiger partial charge in [0.2, 0.25) is 5.91 Å². The van der Waals surface area contributed by atoms with Crippen LogP contribution in [0.3, 0.4) is 0 Å². The molecule has 2 aromatic heterocycles. The van der Waals surface area contributed by atoms with Gasteiger partial charge in [-0.25, -0.2) is 9.97 Å². The number of nitrogens with zero attached hydrogens (tertiary/aromatic N) is 5. The number of pyridine rings is 2. The van der Waals surface area contributed by atoms with Crippen molar-refractivity contribution in [2.45, 2.75) is 58.8 Å². The highest BCUT2D eigenvalue weighted by Crippen LogP contribution is 2.42. The molecule has 2 aromatic rings. The molecule has 1 fully saturated rings. The highest BCUT2D eigenvalue weighted by molar-refractivity contribution is 6.13. The molecule has 158 valence electrons. The van der Waals surface area contributed by atoms with E-state index in [-0.39, 0.29) is 42.2 Å². The standard InChI is InChI=1S/C21H27N7O2/c1-5-10(2)28-15(29)6-13-16-14(7-22)20(27-8-11(3)30-12(4)9-27)25-18(23)17(16)19(24)26-21(13)28/h10-12H,5-6,8-9H2,1-4H3,(H2,23,25)(H2,24,26)/t10-,11-,12-/m0/s1. The van der Waals surface area contributed by atoms with Crippen molar-refractivity contribution < 1.29 is 9.53 Å².